The first-order chi connectivity index (χ1) is 13.4. The molecule has 0 unspecified atom stereocenters. The number of benzene rings is 2. The lowest BCUT2D eigenvalue weighted by Gasteiger charge is -2.10. The van der Waals surface area contributed by atoms with E-state index in [2.05, 4.69) is 10.6 Å². The van der Waals surface area contributed by atoms with Crippen molar-refractivity contribution in [2.75, 3.05) is 17.2 Å². The predicted molar refractivity (Wildman–Crippen MR) is 110 cm³/mol. The summed E-state index contributed by atoms with van der Waals surface area (Å²) in [6, 6.07) is 12.2. The Balaban J connectivity index is 1.85. The van der Waals surface area contributed by atoms with Gasteiger partial charge >= 0.3 is 0 Å². The lowest BCUT2D eigenvalue weighted by atomic mass is 10.1. The predicted octanol–water partition coefficient (Wildman–Crippen LogP) is 4.34. The summed E-state index contributed by atoms with van der Waals surface area (Å²) in [6.07, 6.45) is 1.15. The summed E-state index contributed by atoms with van der Waals surface area (Å²) in [7, 11) is 0. The molecule has 0 heterocycles. The van der Waals surface area contributed by atoms with Gasteiger partial charge in [0.2, 0.25) is 11.8 Å². The Labute approximate surface area is 165 Å². The topological polar surface area (TPSA) is 84.5 Å². The van der Waals surface area contributed by atoms with Crippen molar-refractivity contribution in [3.05, 3.63) is 53.6 Å². The number of rotatable bonds is 9. The second kappa shape index (κ2) is 10.3. The van der Waals surface area contributed by atoms with Crippen molar-refractivity contribution >= 4 is 29.0 Å². The van der Waals surface area contributed by atoms with Gasteiger partial charge in [0.1, 0.15) is 5.75 Å². The standard InChI is InChI=1S/C22H26N2O4/c1-4-13-28-19-8-5-17(6-9-19)21(26)11-12-22(27)24-18-7-10-20(15(2)14-18)23-16(3)25/h5-10,14H,4,11-13H2,1-3H3,(H,23,25)(H,24,27). The van der Waals surface area contributed by atoms with Gasteiger partial charge in [-0.25, -0.2) is 0 Å². The Hall–Kier alpha value is -3.15. The molecule has 0 saturated heterocycles. The third-order valence-corrected chi connectivity index (χ3v) is 4.05. The maximum absolute atomic E-state index is 12.3. The highest BCUT2D eigenvalue weighted by molar-refractivity contribution is 6.00. The van der Waals surface area contributed by atoms with E-state index in [-0.39, 0.29) is 30.4 Å². The van der Waals surface area contributed by atoms with Crippen molar-refractivity contribution in [3.63, 3.8) is 0 Å². The average molecular weight is 382 g/mol. The van der Waals surface area contributed by atoms with Crippen molar-refractivity contribution in [3.8, 4) is 5.75 Å². The van der Waals surface area contributed by atoms with E-state index < -0.39 is 0 Å². The highest BCUT2D eigenvalue weighted by atomic mass is 16.5. The molecule has 0 saturated carbocycles. The molecule has 0 aliphatic rings. The lowest BCUT2D eigenvalue weighted by molar-refractivity contribution is -0.116. The van der Waals surface area contributed by atoms with Gasteiger partial charge in [0, 0.05) is 36.7 Å². The van der Waals surface area contributed by atoms with Crippen LogP contribution in [0, 0.1) is 6.92 Å². The highest BCUT2D eigenvalue weighted by Crippen LogP contribution is 2.20. The lowest BCUT2D eigenvalue weighted by Crippen LogP contribution is -2.14. The monoisotopic (exact) mass is 382 g/mol. The molecule has 0 bridgehead atoms. The van der Waals surface area contributed by atoms with Crippen molar-refractivity contribution in [1.29, 1.82) is 0 Å². The summed E-state index contributed by atoms with van der Waals surface area (Å²) in [6.45, 7) is 5.95. The number of ketones is 1. The molecule has 0 aliphatic heterocycles. The number of anilines is 2. The summed E-state index contributed by atoms with van der Waals surface area (Å²) in [4.78, 5) is 35.5. The molecule has 2 aromatic carbocycles. The zero-order valence-electron chi connectivity index (χ0n) is 16.5. The van der Waals surface area contributed by atoms with Gasteiger partial charge in [-0.3, -0.25) is 14.4 Å². The molecule has 0 atom stereocenters. The molecule has 28 heavy (non-hydrogen) atoms. The van der Waals surface area contributed by atoms with Crippen LogP contribution in [0.1, 0.15) is 49.0 Å². The van der Waals surface area contributed by atoms with Crippen LogP contribution in [-0.4, -0.2) is 24.2 Å². The van der Waals surface area contributed by atoms with Crippen molar-refractivity contribution in [1.82, 2.24) is 0 Å². The number of carbonyl (C=O) groups is 3. The van der Waals surface area contributed by atoms with Gasteiger partial charge in [0.05, 0.1) is 6.61 Å². The number of Topliss-reactive ketones (excluding diaryl/α,β-unsaturated/α-hetero) is 1. The SMILES string of the molecule is CCCOc1ccc(C(=O)CCC(=O)Nc2ccc(NC(C)=O)c(C)c2)cc1. The molecule has 2 aromatic rings. The molecule has 0 radical (unpaired) electrons. The molecule has 0 fully saturated rings. The van der Waals surface area contributed by atoms with E-state index in [9.17, 15) is 14.4 Å². The Morgan fingerprint density at radius 1 is 0.964 bits per heavy atom. The minimum absolute atomic E-state index is 0.0885. The minimum Gasteiger partial charge on any atom is -0.494 e. The quantitative estimate of drug-likeness (QED) is 0.632. The molecule has 0 spiro atoms. The minimum atomic E-state index is -0.233. The van der Waals surface area contributed by atoms with Gasteiger partial charge in [-0.1, -0.05) is 6.92 Å². The fourth-order valence-corrected chi connectivity index (χ4v) is 2.62. The van der Waals surface area contributed by atoms with Gasteiger partial charge in [-0.05, 0) is 61.4 Å². The number of aryl methyl sites for hydroxylation is 1. The first-order valence-electron chi connectivity index (χ1n) is 9.33. The molecule has 6 heteroatoms. The van der Waals surface area contributed by atoms with Crippen LogP contribution in [0.15, 0.2) is 42.5 Å². The van der Waals surface area contributed by atoms with Gasteiger partial charge in [-0.15, -0.1) is 0 Å². The van der Waals surface area contributed by atoms with Gasteiger partial charge in [0.25, 0.3) is 0 Å². The molecule has 2 amide bonds. The number of hydrogen-bond donors (Lipinski definition) is 2. The number of nitrogens with one attached hydrogen (secondary N) is 2. The van der Waals surface area contributed by atoms with E-state index in [0.717, 1.165) is 17.7 Å². The molecule has 2 rings (SSSR count). The first kappa shape index (κ1) is 21.2. The van der Waals surface area contributed by atoms with Crippen molar-refractivity contribution in [2.24, 2.45) is 0 Å². The molecule has 6 nitrogen and oxygen atoms in total. The van der Waals surface area contributed by atoms with Crippen LogP contribution >= 0.6 is 0 Å². The number of amides is 2. The number of ether oxygens (including phenoxy) is 1. The smallest absolute Gasteiger partial charge is 0.224 e. The van der Waals surface area contributed by atoms with E-state index in [1.54, 1.807) is 42.5 Å². The average Bonchev–Trinajstić information content (AvgIpc) is 2.66. The fourth-order valence-electron chi connectivity index (χ4n) is 2.62. The summed E-state index contributed by atoms with van der Waals surface area (Å²) >= 11 is 0. The molecule has 148 valence electrons. The first-order valence-corrected chi connectivity index (χ1v) is 9.33. The van der Waals surface area contributed by atoms with Crippen LogP contribution in [-0.2, 0) is 9.59 Å². The number of hydrogen-bond acceptors (Lipinski definition) is 4. The summed E-state index contributed by atoms with van der Waals surface area (Å²) in [5.74, 6) is 0.259. The van der Waals surface area contributed by atoms with Crippen molar-refractivity contribution < 1.29 is 19.1 Å². The van der Waals surface area contributed by atoms with Crippen LogP contribution in [0.4, 0.5) is 11.4 Å². The zero-order valence-corrected chi connectivity index (χ0v) is 16.5. The van der Waals surface area contributed by atoms with Crippen molar-refractivity contribution in [2.45, 2.75) is 40.0 Å². The van der Waals surface area contributed by atoms with E-state index in [1.165, 1.54) is 6.92 Å². The molecular weight excluding hydrogens is 356 g/mol. The number of carbonyl (C=O) groups excluding carboxylic acids is 3. The highest BCUT2D eigenvalue weighted by Gasteiger charge is 2.11. The van der Waals surface area contributed by atoms with Crippen LogP contribution in [0.25, 0.3) is 0 Å². The Morgan fingerprint density at radius 3 is 2.29 bits per heavy atom. The van der Waals surface area contributed by atoms with Crippen LogP contribution in [0.3, 0.4) is 0 Å². The third-order valence-electron chi connectivity index (χ3n) is 4.05. The Kier molecular flexibility index (Phi) is 7.75. The normalized spacial score (nSPS) is 10.2. The molecular formula is C22H26N2O4. The summed E-state index contributed by atoms with van der Waals surface area (Å²) < 4.78 is 5.50. The maximum atomic E-state index is 12.3. The third kappa shape index (κ3) is 6.54. The maximum Gasteiger partial charge on any atom is 0.224 e. The summed E-state index contributed by atoms with van der Waals surface area (Å²) in [5, 5.41) is 5.50. The van der Waals surface area contributed by atoms with Gasteiger partial charge < -0.3 is 15.4 Å². The molecule has 0 aromatic heterocycles. The van der Waals surface area contributed by atoms with E-state index >= 15 is 0 Å². The molecule has 2 N–H and O–H groups in total. The van der Waals surface area contributed by atoms with Crippen LogP contribution in [0.2, 0.25) is 0 Å². The largest absolute Gasteiger partial charge is 0.494 e. The van der Waals surface area contributed by atoms with Gasteiger partial charge in [0.15, 0.2) is 5.78 Å². The second-order valence-corrected chi connectivity index (χ2v) is 6.56. The fraction of sp³-hybridized carbons (Fsp3) is 0.318. The van der Waals surface area contributed by atoms with E-state index in [0.29, 0.717) is 23.5 Å². The van der Waals surface area contributed by atoms with Gasteiger partial charge in [-0.2, -0.15) is 0 Å². The Bertz CT molecular complexity index is 844. The Morgan fingerprint density at radius 2 is 1.68 bits per heavy atom. The van der Waals surface area contributed by atoms with E-state index in [1.807, 2.05) is 13.8 Å². The van der Waals surface area contributed by atoms with Crippen LogP contribution in [0.5, 0.6) is 5.75 Å². The second-order valence-electron chi connectivity index (χ2n) is 6.56. The van der Waals surface area contributed by atoms with E-state index in [4.69, 9.17) is 4.74 Å². The summed E-state index contributed by atoms with van der Waals surface area (Å²) in [5.41, 5.74) is 2.73. The zero-order chi connectivity index (χ0) is 20.5. The molecule has 0 aliphatic carbocycles. The van der Waals surface area contributed by atoms with Crippen LogP contribution < -0.4 is 15.4 Å².